The number of hydrogen-bond donors (Lipinski definition) is 0. The number of rotatable bonds is 5. The number of fused-ring (bicyclic) bond motifs is 3. The number of carbonyl (C=O) groups excluding carboxylic acids is 1. The van der Waals surface area contributed by atoms with Gasteiger partial charge in [-0.25, -0.2) is 0 Å². The van der Waals surface area contributed by atoms with E-state index in [2.05, 4.69) is 33.8 Å². The number of likely N-dealkylation sites (tertiary alicyclic amines) is 1. The van der Waals surface area contributed by atoms with Gasteiger partial charge in [-0.2, -0.15) is 4.98 Å². The lowest BCUT2D eigenvalue weighted by Crippen LogP contribution is -2.51. The third-order valence-electron chi connectivity index (χ3n) is 7.54. The Hall–Kier alpha value is -1.63. The van der Waals surface area contributed by atoms with Crippen molar-refractivity contribution in [2.45, 2.75) is 64.6 Å². The normalized spacial score (nSPS) is 37.5. The van der Waals surface area contributed by atoms with E-state index in [1.807, 2.05) is 11.8 Å². The van der Waals surface area contributed by atoms with Crippen LogP contribution in [-0.2, 0) is 4.79 Å². The fourth-order valence-corrected chi connectivity index (χ4v) is 6.12. The fourth-order valence-electron chi connectivity index (χ4n) is 6.12. The number of anilines is 1. The Kier molecular flexibility index (Phi) is 4.18. The van der Waals surface area contributed by atoms with Crippen LogP contribution >= 0.6 is 0 Å². The molecule has 5 rings (SSSR count). The monoisotopic (exact) mass is 373 g/mol. The Bertz CT molecular complexity index is 691. The van der Waals surface area contributed by atoms with Crippen LogP contribution in [0.3, 0.4) is 0 Å². The highest BCUT2D eigenvalue weighted by Gasteiger charge is 2.61. The summed E-state index contributed by atoms with van der Waals surface area (Å²) in [6, 6.07) is 2.42. The Balaban J connectivity index is 1.20. The first-order valence-corrected chi connectivity index (χ1v) is 10.7. The Labute approximate surface area is 161 Å². The van der Waals surface area contributed by atoms with E-state index in [-0.39, 0.29) is 0 Å². The molecule has 7 heteroatoms. The molecule has 0 spiro atoms. The lowest BCUT2D eigenvalue weighted by molar-refractivity contribution is -0.133. The number of hydrogen-bond acceptors (Lipinski definition) is 6. The van der Waals surface area contributed by atoms with Crippen LogP contribution in [-0.4, -0.2) is 70.2 Å². The lowest BCUT2D eigenvalue weighted by Gasteiger charge is -2.42. The van der Waals surface area contributed by atoms with Gasteiger partial charge in [0, 0.05) is 50.2 Å². The Morgan fingerprint density at radius 3 is 2.26 bits per heavy atom. The van der Waals surface area contributed by atoms with E-state index < -0.39 is 0 Å². The topological polar surface area (TPSA) is 65.7 Å². The summed E-state index contributed by atoms with van der Waals surface area (Å²) in [4.78, 5) is 24.2. The van der Waals surface area contributed by atoms with Gasteiger partial charge in [0.1, 0.15) is 0 Å². The van der Waals surface area contributed by atoms with Crippen LogP contribution in [0.25, 0.3) is 0 Å². The van der Waals surface area contributed by atoms with Crippen molar-refractivity contribution in [3.8, 4) is 0 Å². The van der Waals surface area contributed by atoms with Crippen LogP contribution in [0.5, 0.6) is 0 Å². The highest BCUT2D eigenvalue weighted by molar-refractivity contribution is 5.82. The van der Waals surface area contributed by atoms with E-state index in [9.17, 15) is 4.79 Å². The van der Waals surface area contributed by atoms with Crippen molar-refractivity contribution in [1.82, 2.24) is 19.9 Å². The molecule has 27 heavy (non-hydrogen) atoms. The fraction of sp³-hybridized carbons (Fsp3) is 0.850. The summed E-state index contributed by atoms with van der Waals surface area (Å²) >= 11 is 0. The standard InChI is InChI=1S/C20H31N5O2/c1-4-23(5-2)19(26)18-16-10-24(11-17(16)18)15-8-13-6-7-14(9-15)25(13)20-21-12(3)22-27-20/h13-18H,4-11H2,1-3H3/t13?,14?,15?,16-,17+,18-. The minimum atomic E-state index is 0.305. The van der Waals surface area contributed by atoms with Crippen molar-refractivity contribution in [3.63, 3.8) is 0 Å². The van der Waals surface area contributed by atoms with Gasteiger partial charge in [-0.15, -0.1) is 0 Å². The molecule has 1 amide bonds. The van der Waals surface area contributed by atoms with Crippen molar-refractivity contribution >= 4 is 11.9 Å². The van der Waals surface area contributed by atoms with Gasteiger partial charge in [-0.3, -0.25) is 9.69 Å². The molecule has 2 bridgehead atoms. The Morgan fingerprint density at radius 2 is 1.74 bits per heavy atom. The highest BCUT2D eigenvalue weighted by Crippen LogP contribution is 2.54. The molecule has 7 nitrogen and oxygen atoms in total. The van der Waals surface area contributed by atoms with Gasteiger partial charge in [0.05, 0.1) is 0 Å². The molecule has 0 N–H and O–H groups in total. The highest BCUT2D eigenvalue weighted by atomic mass is 16.5. The van der Waals surface area contributed by atoms with Gasteiger partial charge in [0.2, 0.25) is 5.91 Å². The lowest BCUT2D eigenvalue weighted by atomic mass is 9.96. The Morgan fingerprint density at radius 1 is 1.11 bits per heavy atom. The van der Waals surface area contributed by atoms with Gasteiger partial charge >= 0.3 is 6.01 Å². The minimum Gasteiger partial charge on any atom is -0.343 e. The molecule has 1 saturated carbocycles. The third kappa shape index (κ3) is 2.77. The summed E-state index contributed by atoms with van der Waals surface area (Å²) in [5.41, 5.74) is 0. The predicted octanol–water partition coefficient (Wildman–Crippen LogP) is 1.92. The molecule has 4 heterocycles. The summed E-state index contributed by atoms with van der Waals surface area (Å²) in [5, 5.41) is 3.98. The van der Waals surface area contributed by atoms with Gasteiger partial charge in [-0.05, 0) is 58.3 Å². The van der Waals surface area contributed by atoms with Gasteiger partial charge < -0.3 is 14.3 Å². The van der Waals surface area contributed by atoms with E-state index in [0.29, 0.717) is 47.8 Å². The maximum Gasteiger partial charge on any atom is 0.324 e. The zero-order valence-electron chi connectivity index (χ0n) is 16.7. The van der Waals surface area contributed by atoms with Crippen LogP contribution < -0.4 is 4.90 Å². The quantitative estimate of drug-likeness (QED) is 0.786. The third-order valence-corrected chi connectivity index (χ3v) is 7.54. The second kappa shape index (κ2) is 6.47. The smallest absolute Gasteiger partial charge is 0.324 e. The molecule has 4 fully saturated rings. The number of aromatic nitrogens is 2. The molecule has 3 saturated heterocycles. The number of aryl methyl sites for hydroxylation is 1. The molecular weight excluding hydrogens is 342 g/mol. The minimum absolute atomic E-state index is 0.305. The maximum absolute atomic E-state index is 12.7. The van der Waals surface area contributed by atoms with Gasteiger partial charge in [-0.1, -0.05) is 5.16 Å². The van der Waals surface area contributed by atoms with E-state index in [0.717, 1.165) is 32.0 Å². The number of nitrogens with zero attached hydrogens (tertiary/aromatic N) is 5. The summed E-state index contributed by atoms with van der Waals surface area (Å²) in [6.45, 7) is 9.96. The average Bonchev–Trinajstić information content (AvgIpc) is 2.97. The van der Waals surface area contributed by atoms with Crippen LogP contribution in [0.4, 0.5) is 6.01 Å². The molecular formula is C20H31N5O2. The summed E-state index contributed by atoms with van der Waals surface area (Å²) in [6.07, 6.45) is 4.83. The number of carbonyl (C=O) groups is 1. The average molecular weight is 374 g/mol. The second-order valence-corrected chi connectivity index (χ2v) is 8.86. The molecule has 1 aromatic heterocycles. The van der Waals surface area contributed by atoms with Gasteiger partial charge in [0.25, 0.3) is 0 Å². The maximum atomic E-state index is 12.7. The number of amides is 1. The molecule has 3 aliphatic heterocycles. The summed E-state index contributed by atoms with van der Waals surface area (Å²) in [7, 11) is 0. The molecule has 1 aromatic rings. The summed E-state index contributed by atoms with van der Waals surface area (Å²) in [5.74, 6) is 2.63. The van der Waals surface area contributed by atoms with E-state index in [1.165, 1.54) is 25.7 Å². The number of piperidine rings is 2. The van der Waals surface area contributed by atoms with Crippen LogP contribution in [0.1, 0.15) is 45.4 Å². The first-order valence-electron chi connectivity index (χ1n) is 10.7. The van der Waals surface area contributed by atoms with Crippen LogP contribution in [0, 0.1) is 24.7 Å². The van der Waals surface area contributed by atoms with Crippen molar-refractivity contribution < 1.29 is 9.32 Å². The van der Waals surface area contributed by atoms with E-state index >= 15 is 0 Å². The van der Waals surface area contributed by atoms with Crippen molar-refractivity contribution in [1.29, 1.82) is 0 Å². The first kappa shape index (κ1) is 17.5. The zero-order chi connectivity index (χ0) is 18.7. The van der Waals surface area contributed by atoms with E-state index in [1.54, 1.807) is 0 Å². The first-order chi connectivity index (χ1) is 13.1. The molecule has 5 atom stereocenters. The largest absolute Gasteiger partial charge is 0.343 e. The predicted molar refractivity (Wildman–Crippen MR) is 101 cm³/mol. The molecule has 148 valence electrons. The second-order valence-electron chi connectivity index (χ2n) is 8.86. The molecule has 2 unspecified atom stereocenters. The molecule has 0 aromatic carbocycles. The zero-order valence-corrected chi connectivity index (χ0v) is 16.7. The van der Waals surface area contributed by atoms with Crippen LogP contribution in [0.15, 0.2) is 4.52 Å². The van der Waals surface area contributed by atoms with Crippen molar-refractivity contribution in [2.24, 2.45) is 17.8 Å². The van der Waals surface area contributed by atoms with Gasteiger partial charge in [0.15, 0.2) is 5.82 Å². The summed E-state index contributed by atoms with van der Waals surface area (Å²) < 4.78 is 5.46. The molecule has 0 radical (unpaired) electrons. The molecule has 1 aliphatic carbocycles. The van der Waals surface area contributed by atoms with Crippen molar-refractivity contribution in [3.05, 3.63) is 5.82 Å². The molecule has 4 aliphatic rings. The van der Waals surface area contributed by atoms with E-state index in [4.69, 9.17) is 4.52 Å². The SMILES string of the molecule is CCN(CC)C(=O)[C@@H]1[C@@H]2CN(C3CC4CCC(C3)N4c3nc(C)no3)C[C@@H]21. The van der Waals surface area contributed by atoms with Crippen molar-refractivity contribution in [2.75, 3.05) is 31.1 Å². The van der Waals surface area contributed by atoms with Crippen LogP contribution in [0.2, 0.25) is 0 Å².